The van der Waals surface area contributed by atoms with Crippen molar-refractivity contribution in [1.82, 2.24) is 30.2 Å². The zero-order chi connectivity index (χ0) is 29.8. The van der Waals surface area contributed by atoms with E-state index >= 15 is 0 Å². The fourth-order valence-electron chi connectivity index (χ4n) is 5.47. The number of benzene rings is 1. The van der Waals surface area contributed by atoms with E-state index in [0.717, 1.165) is 42.9 Å². The molecule has 42 heavy (non-hydrogen) atoms. The van der Waals surface area contributed by atoms with Gasteiger partial charge in [-0.25, -0.2) is 9.97 Å². The van der Waals surface area contributed by atoms with Crippen LogP contribution in [0.2, 0.25) is 0 Å². The Hall–Kier alpha value is -4.61. The van der Waals surface area contributed by atoms with E-state index in [0.29, 0.717) is 67.0 Å². The molecule has 0 unspecified atom stereocenters. The number of piperidine rings is 1. The smallest absolute Gasteiger partial charge is 0.274 e. The number of amides is 2. The third kappa shape index (κ3) is 6.32. The van der Waals surface area contributed by atoms with Crippen molar-refractivity contribution >= 4 is 34.4 Å². The van der Waals surface area contributed by atoms with Crippen LogP contribution in [0, 0.1) is 0 Å². The van der Waals surface area contributed by atoms with Crippen molar-refractivity contribution in [2.75, 3.05) is 49.6 Å². The third-order valence-corrected chi connectivity index (χ3v) is 7.56. The molecule has 1 aromatic carbocycles. The summed E-state index contributed by atoms with van der Waals surface area (Å²) in [4.78, 5) is 45.6. The Morgan fingerprint density at radius 1 is 1.14 bits per heavy atom. The van der Waals surface area contributed by atoms with Crippen molar-refractivity contribution < 1.29 is 15.7 Å². The second-order valence-electron chi connectivity index (χ2n) is 10.5. The SMILES string of the molecule is [2H]c1c(-c2ccc(NC(=O)c3cc(CN4CCC[C@H](NC(=O)C=C)C4)ccn3)cc2)[nH]c2ncnc(N3CCOCC3)c12. The highest BCUT2D eigenvalue weighted by Gasteiger charge is 2.21. The van der Waals surface area contributed by atoms with Gasteiger partial charge in [0.25, 0.3) is 5.91 Å². The van der Waals surface area contributed by atoms with Gasteiger partial charge in [-0.05, 0) is 66.9 Å². The molecule has 0 bridgehead atoms. The molecule has 0 spiro atoms. The summed E-state index contributed by atoms with van der Waals surface area (Å²) in [6.07, 6.45) is 6.38. The monoisotopic (exact) mass is 567 g/mol. The first kappa shape index (κ1) is 26.3. The van der Waals surface area contributed by atoms with Crippen LogP contribution in [0.3, 0.4) is 0 Å². The molecule has 216 valence electrons. The topological polar surface area (TPSA) is 128 Å². The molecule has 2 amide bonds. The number of pyridine rings is 1. The molecule has 2 saturated heterocycles. The van der Waals surface area contributed by atoms with Crippen LogP contribution in [-0.2, 0) is 16.1 Å². The number of hydrogen-bond donors (Lipinski definition) is 3. The summed E-state index contributed by atoms with van der Waals surface area (Å²) in [7, 11) is 0. The minimum absolute atomic E-state index is 0.0853. The van der Waals surface area contributed by atoms with Gasteiger partial charge in [0.1, 0.15) is 23.5 Å². The Labute approximate surface area is 245 Å². The minimum atomic E-state index is -0.304. The molecule has 2 aliphatic rings. The van der Waals surface area contributed by atoms with Crippen LogP contribution >= 0.6 is 0 Å². The molecule has 4 aromatic rings. The number of aromatic nitrogens is 4. The van der Waals surface area contributed by atoms with Crippen molar-refractivity contribution in [2.45, 2.75) is 25.4 Å². The first-order valence-electron chi connectivity index (χ1n) is 14.7. The molecule has 3 N–H and O–H groups in total. The number of ether oxygens (including phenoxy) is 1. The lowest BCUT2D eigenvalue weighted by molar-refractivity contribution is -0.117. The van der Waals surface area contributed by atoms with Crippen molar-refractivity contribution in [3.63, 3.8) is 0 Å². The van der Waals surface area contributed by atoms with Crippen LogP contribution in [0.4, 0.5) is 11.5 Å². The highest BCUT2D eigenvalue weighted by atomic mass is 16.5. The van der Waals surface area contributed by atoms with Crippen LogP contribution in [0.1, 0.15) is 30.3 Å². The molecule has 2 fully saturated rings. The number of likely N-dealkylation sites (tertiary alicyclic amines) is 1. The number of fused-ring (bicyclic) bond motifs is 1. The van der Waals surface area contributed by atoms with Gasteiger partial charge in [0, 0.05) is 49.8 Å². The predicted octanol–water partition coefficient (Wildman–Crippen LogP) is 3.38. The van der Waals surface area contributed by atoms with E-state index in [9.17, 15) is 9.59 Å². The van der Waals surface area contributed by atoms with Gasteiger partial charge in [0.05, 0.1) is 20.0 Å². The number of morpholine rings is 1. The minimum Gasteiger partial charge on any atom is -0.378 e. The highest BCUT2D eigenvalue weighted by molar-refractivity contribution is 6.03. The van der Waals surface area contributed by atoms with Gasteiger partial charge in [0.15, 0.2) is 0 Å². The lowest BCUT2D eigenvalue weighted by atomic mass is 10.0. The predicted molar refractivity (Wildman–Crippen MR) is 161 cm³/mol. The highest BCUT2D eigenvalue weighted by Crippen LogP contribution is 2.29. The number of carbonyl (C=O) groups is 2. The lowest BCUT2D eigenvalue weighted by Gasteiger charge is -2.33. The number of nitrogens with zero attached hydrogens (tertiary/aromatic N) is 5. The van der Waals surface area contributed by atoms with Crippen molar-refractivity contribution in [1.29, 1.82) is 0 Å². The summed E-state index contributed by atoms with van der Waals surface area (Å²) < 4.78 is 14.4. The molecule has 0 saturated carbocycles. The normalized spacial score (nSPS) is 18.0. The fourth-order valence-corrected chi connectivity index (χ4v) is 5.47. The van der Waals surface area contributed by atoms with Crippen LogP contribution in [-0.4, -0.2) is 82.1 Å². The summed E-state index contributed by atoms with van der Waals surface area (Å²) in [6, 6.07) is 11.5. The number of H-pyrrole nitrogens is 1. The van der Waals surface area contributed by atoms with Crippen LogP contribution in [0.25, 0.3) is 22.3 Å². The van der Waals surface area contributed by atoms with Crippen molar-refractivity contribution in [2.24, 2.45) is 0 Å². The zero-order valence-electron chi connectivity index (χ0n) is 24.3. The number of carbonyl (C=O) groups excluding carboxylic acids is 2. The molecular formula is C31H34N8O3. The number of aromatic amines is 1. The molecule has 6 rings (SSSR count). The van der Waals surface area contributed by atoms with Gasteiger partial charge in [-0.15, -0.1) is 0 Å². The van der Waals surface area contributed by atoms with E-state index in [1.54, 1.807) is 12.3 Å². The van der Waals surface area contributed by atoms with E-state index in [1.165, 1.54) is 12.4 Å². The van der Waals surface area contributed by atoms with E-state index < -0.39 is 0 Å². The maximum atomic E-state index is 13.1. The largest absolute Gasteiger partial charge is 0.378 e. The average molecular weight is 568 g/mol. The fraction of sp³-hybridized carbons (Fsp3) is 0.323. The molecule has 3 aromatic heterocycles. The summed E-state index contributed by atoms with van der Waals surface area (Å²) in [5, 5.41) is 6.59. The average Bonchev–Trinajstić information content (AvgIpc) is 3.38. The molecule has 11 nitrogen and oxygen atoms in total. The van der Waals surface area contributed by atoms with E-state index in [2.05, 4.69) is 46.9 Å². The first-order chi connectivity index (χ1) is 21.0. The maximum absolute atomic E-state index is 13.1. The number of nitrogens with one attached hydrogen (secondary N) is 3. The number of rotatable bonds is 8. The van der Waals surface area contributed by atoms with Crippen molar-refractivity contribution in [3.8, 4) is 11.3 Å². The van der Waals surface area contributed by atoms with Gasteiger partial charge in [-0.3, -0.25) is 19.5 Å². The summed E-state index contributed by atoms with van der Waals surface area (Å²) in [6.45, 7) is 8.54. The molecule has 1 atom stereocenters. The standard InChI is InChI=1S/C31H34N8O3/c1-2-28(40)35-24-4-3-11-38(19-24)18-21-9-10-32-27(16-21)31(41)36-23-7-5-22(6-8-23)26-17-25-29(37-26)33-20-34-30(25)39-12-14-42-15-13-39/h2,5-10,16-17,20,24H,1,3-4,11-15,18-19H2,(H,35,40)(H,36,41)(H,33,34,37)/t24-/m0/s1/i17D. The molecule has 0 aliphatic carbocycles. The number of hydrogen-bond acceptors (Lipinski definition) is 8. The second-order valence-corrected chi connectivity index (χ2v) is 10.5. The maximum Gasteiger partial charge on any atom is 0.274 e. The van der Waals surface area contributed by atoms with Crippen LogP contribution in [0.5, 0.6) is 0 Å². The quantitative estimate of drug-likeness (QED) is 0.277. The first-order valence-corrected chi connectivity index (χ1v) is 14.2. The molecule has 2 aliphatic heterocycles. The Balaban J connectivity index is 1.12. The van der Waals surface area contributed by atoms with Gasteiger partial charge >= 0.3 is 0 Å². The Morgan fingerprint density at radius 3 is 2.79 bits per heavy atom. The molecular weight excluding hydrogens is 532 g/mol. The van der Waals surface area contributed by atoms with Gasteiger partial charge in [0.2, 0.25) is 5.91 Å². The summed E-state index contributed by atoms with van der Waals surface area (Å²) in [5.74, 6) is 0.275. The number of anilines is 2. The van der Waals surface area contributed by atoms with Gasteiger partial charge in [-0.1, -0.05) is 18.7 Å². The van der Waals surface area contributed by atoms with Crippen LogP contribution < -0.4 is 15.5 Å². The third-order valence-electron chi connectivity index (χ3n) is 7.56. The Morgan fingerprint density at radius 2 is 1.98 bits per heavy atom. The zero-order valence-corrected chi connectivity index (χ0v) is 23.3. The molecule has 5 heterocycles. The van der Waals surface area contributed by atoms with E-state index in [1.807, 2.05) is 30.3 Å². The molecule has 0 radical (unpaired) electrons. The summed E-state index contributed by atoms with van der Waals surface area (Å²) in [5.41, 5.74) is 3.98. The molecule has 11 heteroatoms. The van der Waals surface area contributed by atoms with E-state index in [-0.39, 0.29) is 17.9 Å². The van der Waals surface area contributed by atoms with E-state index in [4.69, 9.17) is 6.11 Å². The summed E-state index contributed by atoms with van der Waals surface area (Å²) >= 11 is 0. The second kappa shape index (κ2) is 12.5. The van der Waals surface area contributed by atoms with Gasteiger partial charge < -0.3 is 25.3 Å². The van der Waals surface area contributed by atoms with Crippen molar-refractivity contribution in [3.05, 3.63) is 78.9 Å². The lowest BCUT2D eigenvalue weighted by Crippen LogP contribution is -2.46. The van der Waals surface area contributed by atoms with Gasteiger partial charge in [-0.2, -0.15) is 0 Å². The Kier molecular flexibility index (Phi) is 7.83. The Bertz CT molecular complexity index is 1630. The van der Waals surface area contributed by atoms with Crippen LogP contribution in [0.15, 0.2) is 67.6 Å².